The normalized spacial score (nSPS) is 11.5. The Morgan fingerprint density at radius 1 is 0.750 bits per heavy atom. The summed E-state index contributed by atoms with van der Waals surface area (Å²) in [6, 6.07) is 30.6. The zero-order valence-electron chi connectivity index (χ0n) is 22.5. The van der Waals surface area contributed by atoms with Gasteiger partial charge in [0.05, 0.1) is 11.4 Å². The summed E-state index contributed by atoms with van der Waals surface area (Å²) in [4.78, 5) is 7.88. The summed E-state index contributed by atoms with van der Waals surface area (Å²) >= 11 is 0. The van der Waals surface area contributed by atoms with Gasteiger partial charge in [-0.25, -0.2) is 4.98 Å². The highest BCUT2D eigenvalue weighted by Crippen LogP contribution is 2.31. The van der Waals surface area contributed by atoms with Crippen LogP contribution in [0.3, 0.4) is 0 Å². The molecule has 0 radical (unpaired) electrons. The molecular weight excluding hydrogens is 438 g/mol. The van der Waals surface area contributed by atoms with Crippen LogP contribution >= 0.6 is 0 Å². The van der Waals surface area contributed by atoms with Crippen molar-refractivity contribution in [2.24, 2.45) is 0 Å². The average Bonchev–Trinajstić information content (AvgIpc) is 3.26. The topological polar surface area (TPSA) is 21.1 Å². The fourth-order valence-corrected chi connectivity index (χ4v) is 4.85. The van der Waals surface area contributed by atoms with Gasteiger partial charge >= 0.3 is 0 Å². The lowest BCUT2D eigenvalue weighted by atomic mass is 10.0. The Labute approximate surface area is 217 Å². The molecule has 0 atom stereocenters. The van der Waals surface area contributed by atoms with Crippen molar-refractivity contribution in [2.75, 3.05) is 6.54 Å². The van der Waals surface area contributed by atoms with Crippen LogP contribution in [0.4, 0.5) is 0 Å². The van der Waals surface area contributed by atoms with Crippen LogP contribution in [-0.4, -0.2) is 21.0 Å². The Hall–Kier alpha value is -3.17. The number of benzene rings is 3. The van der Waals surface area contributed by atoms with E-state index >= 15 is 0 Å². The van der Waals surface area contributed by atoms with Crippen LogP contribution in [0.25, 0.3) is 22.6 Å². The first-order chi connectivity index (χ1) is 17.6. The molecule has 0 aliphatic rings. The number of hydrogen-bond donors (Lipinski definition) is 0. The maximum Gasteiger partial charge on any atom is 0.140 e. The van der Waals surface area contributed by atoms with E-state index in [0.29, 0.717) is 5.92 Å². The van der Waals surface area contributed by atoms with Gasteiger partial charge in [-0.3, -0.25) is 4.90 Å². The van der Waals surface area contributed by atoms with Crippen molar-refractivity contribution in [3.8, 4) is 22.6 Å². The summed E-state index contributed by atoms with van der Waals surface area (Å²) in [5.74, 6) is 1.64. The highest BCUT2D eigenvalue weighted by molar-refractivity contribution is 5.68. The summed E-state index contributed by atoms with van der Waals surface area (Å²) < 4.78 is 2.49. The summed E-state index contributed by atoms with van der Waals surface area (Å²) in [5.41, 5.74) is 7.58. The standard InChI is InChI=1S/C33H41N3/c1-5-7-23-36-31(25-35(22-6-2)24-27-18-20-28(21-19-27)26(3)4)32(29-14-10-8-11-15-29)34-33(36)30-16-12-9-13-17-30/h8-21,26H,5-7,22-25H2,1-4H3. The van der Waals surface area contributed by atoms with Crippen LogP contribution in [0.2, 0.25) is 0 Å². The first-order valence-electron chi connectivity index (χ1n) is 13.6. The molecule has 4 aromatic rings. The molecule has 0 saturated heterocycles. The Morgan fingerprint density at radius 2 is 1.39 bits per heavy atom. The van der Waals surface area contributed by atoms with Crippen molar-refractivity contribution in [1.82, 2.24) is 14.5 Å². The van der Waals surface area contributed by atoms with Crippen LogP contribution in [-0.2, 0) is 19.6 Å². The SMILES string of the molecule is CCCCn1c(-c2ccccc2)nc(-c2ccccc2)c1CN(CCC)Cc1ccc(C(C)C)cc1. The van der Waals surface area contributed by atoms with Gasteiger partial charge in [0, 0.05) is 30.8 Å². The van der Waals surface area contributed by atoms with Crippen molar-refractivity contribution in [3.05, 3.63) is 102 Å². The fraction of sp³-hybridized carbons (Fsp3) is 0.364. The minimum Gasteiger partial charge on any atom is -0.326 e. The number of nitrogens with zero attached hydrogens (tertiary/aromatic N) is 3. The van der Waals surface area contributed by atoms with Gasteiger partial charge in [-0.05, 0) is 36.4 Å². The fourth-order valence-electron chi connectivity index (χ4n) is 4.85. The van der Waals surface area contributed by atoms with E-state index in [1.165, 1.54) is 27.9 Å². The molecule has 0 aliphatic carbocycles. The van der Waals surface area contributed by atoms with Gasteiger partial charge in [-0.1, -0.05) is 119 Å². The molecule has 0 N–H and O–H groups in total. The summed E-state index contributed by atoms with van der Waals surface area (Å²) in [6.07, 6.45) is 3.43. The monoisotopic (exact) mass is 479 g/mol. The minimum absolute atomic E-state index is 0.559. The molecule has 0 saturated carbocycles. The molecule has 188 valence electrons. The molecule has 1 heterocycles. The summed E-state index contributed by atoms with van der Waals surface area (Å²) in [6.45, 7) is 12.9. The third-order valence-corrected chi connectivity index (χ3v) is 6.85. The van der Waals surface area contributed by atoms with E-state index in [-0.39, 0.29) is 0 Å². The summed E-state index contributed by atoms with van der Waals surface area (Å²) in [5, 5.41) is 0. The lowest BCUT2D eigenvalue weighted by molar-refractivity contribution is 0.251. The Morgan fingerprint density at radius 3 is 1.97 bits per heavy atom. The molecule has 0 fully saturated rings. The van der Waals surface area contributed by atoms with Crippen LogP contribution in [0.1, 0.15) is 69.7 Å². The summed E-state index contributed by atoms with van der Waals surface area (Å²) in [7, 11) is 0. The van der Waals surface area contributed by atoms with Gasteiger partial charge in [0.1, 0.15) is 5.82 Å². The number of hydrogen-bond acceptors (Lipinski definition) is 2. The van der Waals surface area contributed by atoms with Crippen molar-refractivity contribution < 1.29 is 0 Å². The van der Waals surface area contributed by atoms with Crippen molar-refractivity contribution >= 4 is 0 Å². The molecule has 0 spiro atoms. The average molecular weight is 480 g/mol. The molecule has 0 bridgehead atoms. The molecule has 3 heteroatoms. The molecule has 3 aromatic carbocycles. The molecule has 0 amide bonds. The quantitative estimate of drug-likeness (QED) is 0.203. The molecule has 0 unspecified atom stereocenters. The molecule has 3 nitrogen and oxygen atoms in total. The zero-order chi connectivity index (χ0) is 25.3. The van der Waals surface area contributed by atoms with E-state index in [9.17, 15) is 0 Å². The third-order valence-electron chi connectivity index (χ3n) is 6.85. The van der Waals surface area contributed by atoms with E-state index in [2.05, 4.69) is 122 Å². The third kappa shape index (κ3) is 6.33. The lowest BCUT2D eigenvalue weighted by Gasteiger charge is -2.24. The van der Waals surface area contributed by atoms with E-state index in [4.69, 9.17) is 4.98 Å². The van der Waals surface area contributed by atoms with Crippen LogP contribution in [0.5, 0.6) is 0 Å². The van der Waals surface area contributed by atoms with Crippen molar-refractivity contribution in [2.45, 2.75) is 72.5 Å². The highest BCUT2D eigenvalue weighted by Gasteiger charge is 2.21. The van der Waals surface area contributed by atoms with E-state index in [0.717, 1.165) is 57.0 Å². The van der Waals surface area contributed by atoms with Gasteiger partial charge in [-0.2, -0.15) is 0 Å². The molecular formula is C33H41N3. The number of imidazole rings is 1. The van der Waals surface area contributed by atoms with Crippen molar-refractivity contribution in [3.63, 3.8) is 0 Å². The van der Waals surface area contributed by atoms with E-state index < -0.39 is 0 Å². The highest BCUT2D eigenvalue weighted by atomic mass is 15.2. The lowest BCUT2D eigenvalue weighted by Crippen LogP contribution is -2.25. The largest absolute Gasteiger partial charge is 0.326 e. The maximum absolute atomic E-state index is 5.29. The minimum atomic E-state index is 0.559. The second-order valence-electron chi connectivity index (χ2n) is 10.1. The second kappa shape index (κ2) is 12.7. The second-order valence-corrected chi connectivity index (χ2v) is 10.1. The number of unbranched alkanes of at least 4 members (excludes halogenated alkanes) is 1. The maximum atomic E-state index is 5.29. The molecule has 4 rings (SSSR count). The Kier molecular flexibility index (Phi) is 9.13. The first-order valence-corrected chi connectivity index (χ1v) is 13.6. The molecule has 0 aliphatic heterocycles. The molecule has 1 aromatic heterocycles. The zero-order valence-corrected chi connectivity index (χ0v) is 22.5. The van der Waals surface area contributed by atoms with Gasteiger partial charge < -0.3 is 4.57 Å². The van der Waals surface area contributed by atoms with E-state index in [1.54, 1.807) is 0 Å². The smallest absolute Gasteiger partial charge is 0.140 e. The molecule has 36 heavy (non-hydrogen) atoms. The van der Waals surface area contributed by atoms with Crippen LogP contribution in [0, 0.1) is 0 Å². The Bertz CT molecular complexity index is 1190. The number of aromatic nitrogens is 2. The van der Waals surface area contributed by atoms with Gasteiger partial charge in [0.2, 0.25) is 0 Å². The van der Waals surface area contributed by atoms with Gasteiger partial charge in [0.15, 0.2) is 0 Å². The van der Waals surface area contributed by atoms with E-state index in [1.807, 2.05) is 0 Å². The van der Waals surface area contributed by atoms with Gasteiger partial charge in [0.25, 0.3) is 0 Å². The first kappa shape index (κ1) is 25.9. The van der Waals surface area contributed by atoms with Crippen molar-refractivity contribution in [1.29, 1.82) is 0 Å². The predicted molar refractivity (Wildman–Crippen MR) is 153 cm³/mol. The van der Waals surface area contributed by atoms with Crippen LogP contribution in [0.15, 0.2) is 84.9 Å². The number of rotatable bonds is 12. The predicted octanol–water partition coefficient (Wildman–Crippen LogP) is 8.55. The van der Waals surface area contributed by atoms with Gasteiger partial charge in [-0.15, -0.1) is 0 Å². The van der Waals surface area contributed by atoms with Crippen LogP contribution < -0.4 is 0 Å². The Balaban J connectivity index is 1.75.